The predicted octanol–water partition coefficient (Wildman–Crippen LogP) is 5.45. The molecule has 5 nitrogen and oxygen atoms in total. The first-order valence-corrected chi connectivity index (χ1v) is 10.7. The molecule has 188 valence electrons. The SMILES string of the molecule is CC(OCC1(c2ccccc2)CC2(C1)NC(=O)N(C)C2=O)c1cc(C(F)(F)F)cc(C(F)(F)F)c1. The van der Waals surface area contributed by atoms with Crippen molar-refractivity contribution in [3.05, 3.63) is 70.8 Å². The number of hydrogen-bond acceptors (Lipinski definition) is 3. The maximum Gasteiger partial charge on any atom is 0.416 e. The highest BCUT2D eigenvalue weighted by Gasteiger charge is 2.64. The molecule has 2 aliphatic rings. The number of alkyl halides is 6. The van der Waals surface area contributed by atoms with E-state index in [4.69, 9.17) is 4.74 Å². The zero-order valence-electron chi connectivity index (χ0n) is 18.8. The summed E-state index contributed by atoms with van der Waals surface area (Å²) in [6, 6.07) is 9.77. The van der Waals surface area contributed by atoms with Crippen molar-refractivity contribution in [2.45, 2.75) is 49.2 Å². The van der Waals surface area contributed by atoms with Crippen LogP contribution in [-0.2, 0) is 27.3 Å². The Kier molecular flexibility index (Phi) is 5.90. The van der Waals surface area contributed by atoms with Crippen molar-refractivity contribution in [2.24, 2.45) is 0 Å². The van der Waals surface area contributed by atoms with Crippen LogP contribution in [0.4, 0.5) is 31.1 Å². The van der Waals surface area contributed by atoms with Crippen LogP contribution < -0.4 is 5.32 Å². The predicted molar refractivity (Wildman–Crippen MR) is 112 cm³/mol. The zero-order valence-corrected chi connectivity index (χ0v) is 18.8. The van der Waals surface area contributed by atoms with Gasteiger partial charge in [-0.05, 0) is 49.1 Å². The molecule has 2 aromatic rings. The number of ether oxygens (including phenoxy) is 1. The summed E-state index contributed by atoms with van der Waals surface area (Å²) in [7, 11) is 1.36. The second-order valence-electron chi connectivity index (χ2n) is 9.17. The molecule has 1 N–H and O–H groups in total. The van der Waals surface area contributed by atoms with Crippen LogP contribution >= 0.6 is 0 Å². The number of carbonyl (C=O) groups excluding carboxylic acids is 2. The fourth-order valence-electron chi connectivity index (χ4n) is 4.87. The molecule has 1 spiro atoms. The molecule has 35 heavy (non-hydrogen) atoms. The molecular weight excluding hydrogens is 478 g/mol. The molecule has 2 aromatic carbocycles. The van der Waals surface area contributed by atoms with Gasteiger partial charge in [0.15, 0.2) is 0 Å². The van der Waals surface area contributed by atoms with Crippen LogP contribution in [-0.4, -0.2) is 36.0 Å². The number of rotatable bonds is 5. The van der Waals surface area contributed by atoms with Crippen LogP contribution in [0.5, 0.6) is 0 Å². The molecule has 1 saturated heterocycles. The first-order chi connectivity index (χ1) is 16.2. The van der Waals surface area contributed by atoms with E-state index in [1.165, 1.54) is 14.0 Å². The van der Waals surface area contributed by atoms with Gasteiger partial charge in [-0.15, -0.1) is 0 Å². The number of amides is 3. The fraction of sp³-hybridized carbons (Fsp3) is 0.417. The zero-order chi connectivity index (χ0) is 25.8. The van der Waals surface area contributed by atoms with E-state index in [1.54, 1.807) is 30.3 Å². The van der Waals surface area contributed by atoms with Crippen molar-refractivity contribution in [1.82, 2.24) is 10.2 Å². The summed E-state index contributed by atoms with van der Waals surface area (Å²) >= 11 is 0. The topological polar surface area (TPSA) is 58.6 Å². The normalized spacial score (nSPS) is 25.5. The van der Waals surface area contributed by atoms with Crippen molar-refractivity contribution in [3.8, 4) is 0 Å². The average molecular weight is 500 g/mol. The Morgan fingerprint density at radius 3 is 1.97 bits per heavy atom. The minimum absolute atomic E-state index is 0.0717. The second-order valence-corrected chi connectivity index (χ2v) is 9.17. The number of urea groups is 1. The van der Waals surface area contributed by atoms with Gasteiger partial charge in [-0.25, -0.2) is 4.79 Å². The summed E-state index contributed by atoms with van der Waals surface area (Å²) in [5.41, 5.74) is -4.20. The molecule has 11 heteroatoms. The largest absolute Gasteiger partial charge is 0.416 e. The lowest BCUT2D eigenvalue weighted by Gasteiger charge is -2.53. The van der Waals surface area contributed by atoms with Gasteiger partial charge >= 0.3 is 18.4 Å². The van der Waals surface area contributed by atoms with Crippen LogP contribution in [0.25, 0.3) is 0 Å². The third kappa shape index (κ3) is 4.49. The molecule has 1 saturated carbocycles. The Morgan fingerprint density at radius 2 is 1.51 bits per heavy atom. The monoisotopic (exact) mass is 500 g/mol. The second kappa shape index (κ2) is 8.25. The fourth-order valence-corrected chi connectivity index (χ4v) is 4.87. The lowest BCUT2D eigenvalue weighted by atomic mass is 9.54. The molecule has 0 bridgehead atoms. The molecule has 2 fully saturated rings. The van der Waals surface area contributed by atoms with Gasteiger partial charge in [0.05, 0.1) is 23.8 Å². The molecule has 4 rings (SSSR count). The van der Waals surface area contributed by atoms with Crippen LogP contribution in [0, 0.1) is 0 Å². The number of nitrogens with zero attached hydrogens (tertiary/aromatic N) is 1. The molecule has 0 radical (unpaired) electrons. The summed E-state index contributed by atoms with van der Waals surface area (Å²) in [4.78, 5) is 25.6. The minimum atomic E-state index is -4.96. The highest BCUT2D eigenvalue weighted by molar-refractivity contribution is 6.07. The van der Waals surface area contributed by atoms with Crippen LogP contribution in [0.2, 0.25) is 0 Å². The molecule has 1 atom stereocenters. The van der Waals surface area contributed by atoms with Crippen LogP contribution in [0.15, 0.2) is 48.5 Å². The van der Waals surface area contributed by atoms with Crippen molar-refractivity contribution >= 4 is 11.9 Å². The average Bonchev–Trinajstić information content (AvgIpc) is 2.99. The Morgan fingerprint density at radius 1 is 0.971 bits per heavy atom. The highest BCUT2D eigenvalue weighted by Crippen LogP contribution is 2.53. The quantitative estimate of drug-likeness (QED) is 0.439. The molecule has 1 aliphatic carbocycles. The van der Waals surface area contributed by atoms with Gasteiger partial charge in [0, 0.05) is 12.5 Å². The number of benzene rings is 2. The Bertz CT molecular complexity index is 1110. The van der Waals surface area contributed by atoms with Gasteiger partial charge in [0.2, 0.25) is 0 Å². The summed E-state index contributed by atoms with van der Waals surface area (Å²) in [5.74, 6) is -0.394. The molecule has 1 aliphatic heterocycles. The van der Waals surface area contributed by atoms with E-state index in [2.05, 4.69) is 5.32 Å². The molecule has 0 aromatic heterocycles. The molecule has 3 amide bonds. The van der Waals surface area contributed by atoms with E-state index in [0.29, 0.717) is 12.1 Å². The Labute approximate surface area is 197 Å². The number of carbonyl (C=O) groups is 2. The van der Waals surface area contributed by atoms with Gasteiger partial charge in [0.1, 0.15) is 5.54 Å². The van der Waals surface area contributed by atoms with Gasteiger partial charge in [-0.3, -0.25) is 9.69 Å². The van der Waals surface area contributed by atoms with Gasteiger partial charge in [0.25, 0.3) is 5.91 Å². The molecular formula is C24H22F6N2O3. The summed E-state index contributed by atoms with van der Waals surface area (Å²) in [6.45, 7) is 1.30. The maximum atomic E-state index is 13.3. The number of halogens is 6. The van der Waals surface area contributed by atoms with Gasteiger partial charge in [-0.1, -0.05) is 30.3 Å². The van der Waals surface area contributed by atoms with Crippen molar-refractivity contribution < 1.29 is 40.7 Å². The van der Waals surface area contributed by atoms with E-state index >= 15 is 0 Å². The summed E-state index contributed by atoms with van der Waals surface area (Å²) in [6.07, 6.45) is -10.7. The Balaban J connectivity index is 1.60. The minimum Gasteiger partial charge on any atom is -0.373 e. The van der Waals surface area contributed by atoms with Crippen molar-refractivity contribution in [3.63, 3.8) is 0 Å². The van der Waals surface area contributed by atoms with Gasteiger partial charge < -0.3 is 10.1 Å². The first-order valence-electron chi connectivity index (χ1n) is 10.7. The number of nitrogens with one attached hydrogen (secondary N) is 1. The summed E-state index contributed by atoms with van der Waals surface area (Å²) in [5, 5.41) is 2.69. The molecule has 1 heterocycles. The third-order valence-corrected chi connectivity index (χ3v) is 6.72. The number of likely N-dealkylation sites (N-methyl/N-ethyl adjacent to an activating group) is 1. The van der Waals surface area contributed by atoms with Gasteiger partial charge in [-0.2, -0.15) is 26.3 Å². The third-order valence-electron chi connectivity index (χ3n) is 6.72. The standard InChI is InChI=1S/C24H22F6N2O3/c1-14(15-8-17(23(25,26)27)10-18(9-15)24(28,29)30)35-13-21(16-6-4-3-5-7-16)11-22(12-21)19(33)32(2)20(34)31-22/h3-10,14H,11-13H2,1-2H3,(H,31,34). The highest BCUT2D eigenvalue weighted by atomic mass is 19.4. The van der Waals surface area contributed by atoms with E-state index < -0.39 is 52.5 Å². The van der Waals surface area contributed by atoms with Crippen LogP contribution in [0.1, 0.15) is 48.1 Å². The Hall–Kier alpha value is -3.08. The lowest BCUT2D eigenvalue weighted by Crippen LogP contribution is -2.65. The van der Waals surface area contributed by atoms with Crippen LogP contribution in [0.3, 0.4) is 0 Å². The summed E-state index contributed by atoms with van der Waals surface area (Å²) < 4.78 is 85.3. The smallest absolute Gasteiger partial charge is 0.373 e. The van der Waals surface area contributed by atoms with E-state index in [0.717, 1.165) is 10.5 Å². The first kappa shape index (κ1) is 25.0. The van der Waals surface area contributed by atoms with E-state index in [9.17, 15) is 35.9 Å². The van der Waals surface area contributed by atoms with Crippen molar-refractivity contribution in [1.29, 1.82) is 0 Å². The number of imide groups is 1. The molecule has 1 unspecified atom stereocenters. The lowest BCUT2D eigenvalue weighted by molar-refractivity contribution is -0.143. The number of hydrogen-bond donors (Lipinski definition) is 1. The van der Waals surface area contributed by atoms with Crippen molar-refractivity contribution in [2.75, 3.05) is 13.7 Å². The van der Waals surface area contributed by atoms with E-state index in [1.807, 2.05) is 0 Å². The maximum absolute atomic E-state index is 13.3. The van der Waals surface area contributed by atoms with E-state index in [-0.39, 0.29) is 31.1 Å².